The summed E-state index contributed by atoms with van der Waals surface area (Å²) in [5.41, 5.74) is 1.83. The fraction of sp³-hybridized carbons (Fsp3) is 0.333. The molecule has 2 aromatic rings. The van der Waals surface area contributed by atoms with E-state index in [2.05, 4.69) is 15.7 Å². The first-order chi connectivity index (χ1) is 14.7. The molecule has 1 heterocycles. The summed E-state index contributed by atoms with van der Waals surface area (Å²) in [5.74, 6) is -0.581. The molecule has 2 aromatic carbocycles. The minimum absolute atomic E-state index is 0.0548. The number of rotatable bonds is 7. The Morgan fingerprint density at radius 3 is 2.26 bits per heavy atom. The molecule has 0 spiro atoms. The van der Waals surface area contributed by atoms with Crippen molar-refractivity contribution in [3.63, 3.8) is 0 Å². The Kier molecular flexibility index (Phi) is 6.53. The second kappa shape index (κ2) is 9.12. The molecule has 2 amide bonds. The number of benzene rings is 2. The number of nitrogens with one attached hydrogen (secondary N) is 2. The Bertz CT molecular complexity index is 997. The van der Waals surface area contributed by atoms with Crippen molar-refractivity contribution in [1.29, 1.82) is 0 Å². The van der Waals surface area contributed by atoms with Crippen LogP contribution in [0.25, 0.3) is 0 Å². The summed E-state index contributed by atoms with van der Waals surface area (Å²) in [4.78, 5) is 37.2. The highest BCUT2D eigenvalue weighted by atomic mass is 16.2. The van der Waals surface area contributed by atoms with Gasteiger partial charge in [0.1, 0.15) is 11.8 Å². The minimum Gasteiger partial charge on any atom is -0.347 e. The second-order valence-corrected chi connectivity index (χ2v) is 8.28. The number of hydrazone groups is 1. The highest BCUT2D eigenvalue weighted by Gasteiger charge is 2.34. The number of hydrogen-bond donors (Lipinski definition) is 2. The maximum absolute atomic E-state index is 12.7. The van der Waals surface area contributed by atoms with E-state index in [1.165, 1.54) is 6.92 Å². The third-order valence-corrected chi connectivity index (χ3v) is 5.40. The lowest BCUT2D eigenvalue weighted by Crippen LogP contribution is -2.42. The van der Waals surface area contributed by atoms with E-state index in [-0.39, 0.29) is 35.3 Å². The van der Waals surface area contributed by atoms with E-state index in [0.29, 0.717) is 11.3 Å². The molecule has 31 heavy (non-hydrogen) atoms. The topological polar surface area (TPSA) is 90.9 Å². The molecule has 7 heteroatoms. The van der Waals surface area contributed by atoms with E-state index >= 15 is 0 Å². The number of ketones is 1. The number of para-hydroxylation sites is 1. The lowest BCUT2D eigenvalue weighted by atomic mass is 10.0. The SMILES string of the molecule is CCC(C)(C)NC(=O)c1ccc(NC(=O)C2=NN(c3ccccc3)C(C(C)=O)C2)cc1. The largest absolute Gasteiger partial charge is 0.347 e. The molecule has 1 atom stereocenters. The van der Waals surface area contributed by atoms with Crippen LogP contribution >= 0.6 is 0 Å². The van der Waals surface area contributed by atoms with Gasteiger partial charge in [0.05, 0.1) is 5.69 Å². The van der Waals surface area contributed by atoms with Gasteiger partial charge in [0.2, 0.25) is 0 Å². The fourth-order valence-corrected chi connectivity index (χ4v) is 3.16. The zero-order valence-corrected chi connectivity index (χ0v) is 18.3. The highest BCUT2D eigenvalue weighted by molar-refractivity contribution is 6.44. The van der Waals surface area contributed by atoms with Gasteiger partial charge in [-0.05, 0) is 63.6 Å². The Hall–Kier alpha value is -3.48. The molecule has 2 N–H and O–H groups in total. The smallest absolute Gasteiger partial charge is 0.271 e. The van der Waals surface area contributed by atoms with E-state index < -0.39 is 6.04 Å². The molecule has 0 aromatic heterocycles. The summed E-state index contributed by atoms with van der Waals surface area (Å²) in [6.07, 6.45) is 1.05. The first kappa shape index (κ1) is 22.2. The standard InChI is InChI=1S/C24H28N4O3/c1-5-24(3,4)26-22(30)17-11-13-18(14-12-17)25-23(31)20-15-21(16(2)29)28(27-20)19-9-7-6-8-10-19/h6-14,21H,5,15H2,1-4H3,(H,25,31)(H,26,30). The van der Waals surface area contributed by atoms with E-state index in [1.807, 2.05) is 51.1 Å². The van der Waals surface area contributed by atoms with Gasteiger partial charge in [0.25, 0.3) is 11.8 Å². The average molecular weight is 421 g/mol. The van der Waals surface area contributed by atoms with Crippen LogP contribution in [0.3, 0.4) is 0 Å². The molecular formula is C24H28N4O3. The van der Waals surface area contributed by atoms with Gasteiger partial charge < -0.3 is 10.6 Å². The van der Waals surface area contributed by atoms with Gasteiger partial charge in [-0.1, -0.05) is 25.1 Å². The molecule has 1 unspecified atom stereocenters. The number of Topliss-reactive ketones (excluding diaryl/α,β-unsaturated/α-hetero) is 1. The van der Waals surface area contributed by atoms with E-state index in [1.54, 1.807) is 29.3 Å². The Labute approximate surface area is 182 Å². The minimum atomic E-state index is -0.504. The number of amides is 2. The highest BCUT2D eigenvalue weighted by Crippen LogP contribution is 2.25. The van der Waals surface area contributed by atoms with Crippen LogP contribution in [0.1, 0.15) is 50.9 Å². The molecular weight excluding hydrogens is 392 g/mol. The van der Waals surface area contributed by atoms with Crippen molar-refractivity contribution in [2.45, 2.75) is 52.1 Å². The van der Waals surface area contributed by atoms with Crippen LogP contribution < -0.4 is 15.6 Å². The van der Waals surface area contributed by atoms with Crippen LogP contribution in [-0.4, -0.2) is 34.9 Å². The molecule has 1 aliphatic rings. The van der Waals surface area contributed by atoms with E-state index in [4.69, 9.17) is 0 Å². The normalized spacial score (nSPS) is 15.9. The van der Waals surface area contributed by atoms with Crippen LogP contribution in [0.5, 0.6) is 0 Å². The van der Waals surface area contributed by atoms with Crippen molar-refractivity contribution >= 4 is 34.7 Å². The quantitative estimate of drug-likeness (QED) is 0.713. The number of carbonyl (C=O) groups excluding carboxylic acids is 3. The number of hydrogen-bond acceptors (Lipinski definition) is 5. The molecule has 0 bridgehead atoms. The van der Waals surface area contributed by atoms with Crippen molar-refractivity contribution in [3.05, 3.63) is 60.2 Å². The van der Waals surface area contributed by atoms with Gasteiger partial charge in [0.15, 0.2) is 5.78 Å². The van der Waals surface area contributed by atoms with Crippen molar-refractivity contribution in [3.8, 4) is 0 Å². The van der Waals surface area contributed by atoms with Crippen molar-refractivity contribution in [1.82, 2.24) is 5.32 Å². The molecule has 3 rings (SSSR count). The van der Waals surface area contributed by atoms with Gasteiger partial charge in [-0.25, -0.2) is 0 Å². The fourth-order valence-electron chi connectivity index (χ4n) is 3.16. The van der Waals surface area contributed by atoms with Crippen LogP contribution in [0.4, 0.5) is 11.4 Å². The number of anilines is 2. The van der Waals surface area contributed by atoms with Crippen LogP contribution in [0.2, 0.25) is 0 Å². The monoisotopic (exact) mass is 420 g/mol. The molecule has 0 fully saturated rings. The number of carbonyl (C=O) groups is 3. The Morgan fingerprint density at radius 1 is 1.03 bits per heavy atom. The van der Waals surface area contributed by atoms with Gasteiger partial charge in [-0.15, -0.1) is 0 Å². The van der Waals surface area contributed by atoms with E-state index in [9.17, 15) is 14.4 Å². The summed E-state index contributed by atoms with van der Waals surface area (Å²) in [5, 5.41) is 11.8. The molecule has 0 aliphatic carbocycles. The predicted octanol–water partition coefficient (Wildman–Crippen LogP) is 3.77. The third-order valence-electron chi connectivity index (χ3n) is 5.40. The first-order valence-corrected chi connectivity index (χ1v) is 10.4. The van der Waals surface area contributed by atoms with Gasteiger partial charge in [-0.3, -0.25) is 19.4 Å². The average Bonchev–Trinajstić information content (AvgIpc) is 3.21. The molecule has 0 radical (unpaired) electrons. The molecule has 162 valence electrons. The lowest BCUT2D eigenvalue weighted by Gasteiger charge is -2.24. The zero-order valence-electron chi connectivity index (χ0n) is 18.3. The molecule has 1 aliphatic heterocycles. The Morgan fingerprint density at radius 2 is 1.68 bits per heavy atom. The summed E-state index contributed by atoms with van der Waals surface area (Å²) >= 11 is 0. The van der Waals surface area contributed by atoms with Crippen LogP contribution in [0.15, 0.2) is 59.7 Å². The lowest BCUT2D eigenvalue weighted by molar-refractivity contribution is -0.118. The summed E-state index contributed by atoms with van der Waals surface area (Å²) in [7, 11) is 0. The predicted molar refractivity (Wildman–Crippen MR) is 122 cm³/mol. The molecule has 0 saturated heterocycles. The van der Waals surface area contributed by atoms with Crippen molar-refractivity contribution < 1.29 is 14.4 Å². The summed E-state index contributed by atoms with van der Waals surface area (Å²) in [6.45, 7) is 7.45. The molecule has 7 nitrogen and oxygen atoms in total. The molecule has 0 saturated carbocycles. The van der Waals surface area contributed by atoms with Crippen molar-refractivity contribution in [2.24, 2.45) is 5.10 Å². The van der Waals surface area contributed by atoms with Crippen LogP contribution in [-0.2, 0) is 9.59 Å². The Balaban J connectivity index is 1.70. The van der Waals surface area contributed by atoms with Gasteiger partial charge in [0, 0.05) is 23.2 Å². The zero-order chi connectivity index (χ0) is 22.6. The first-order valence-electron chi connectivity index (χ1n) is 10.4. The van der Waals surface area contributed by atoms with Gasteiger partial charge >= 0.3 is 0 Å². The van der Waals surface area contributed by atoms with Crippen molar-refractivity contribution in [2.75, 3.05) is 10.3 Å². The summed E-state index contributed by atoms with van der Waals surface area (Å²) < 4.78 is 0. The summed E-state index contributed by atoms with van der Waals surface area (Å²) in [6, 6.07) is 15.5. The third kappa shape index (κ3) is 5.36. The maximum Gasteiger partial charge on any atom is 0.271 e. The number of nitrogens with zero attached hydrogens (tertiary/aromatic N) is 2. The maximum atomic E-state index is 12.7. The van der Waals surface area contributed by atoms with E-state index in [0.717, 1.165) is 12.1 Å². The second-order valence-electron chi connectivity index (χ2n) is 8.28. The van der Waals surface area contributed by atoms with Crippen LogP contribution in [0, 0.1) is 0 Å². The van der Waals surface area contributed by atoms with Gasteiger partial charge in [-0.2, -0.15) is 5.10 Å².